The van der Waals surface area contributed by atoms with Gasteiger partial charge in [0, 0.05) is 11.8 Å². The summed E-state index contributed by atoms with van der Waals surface area (Å²) in [5, 5.41) is 2.79. The number of pyridine rings is 1. The Kier molecular flexibility index (Phi) is 4.26. The van der Waals surface area contributed by atoms with E-state index in [1.165, 1.54) is 0 Å². The molecule has 0 saturated heterocycles. The molecule has 1 N–H and O–H groups in total. The smallest absolute Gasteiger partial charge is 0.412 e. The van der Waals surface area contributed by atoms with Gasteiger partial charge in [-0.2, -0.15) is 0 Å². The minimum atomic E-state index is -0.528. The average Bonchev–Trinajstić information content (AvgIpc) is 2.40. The van der Waals surface area contributed by atoms with E-state index in [-0.39, 0.29) is 0 Å². The van der Waals surface area contributed by atoms with Crippen molar-refractivity contribution in [3.8, 4) is 11.3 Å². The molecule has 0 aliphatic rings. The predicted octanol–water partition coefficient (Wildman–Crippen LogP) is 4.40. The first kappa shape index (κ1) is 15.0. The molecular formula is C17H20N2O2. The summed E-state index contributed by atoms with van der Waals surface area (Å²) in [6, 6.07) is 11.5. The van der Waals surface area contributed by atoms with E-state index in [2.05, 4.69) is 10.3 Å². The van der Waals surface area contributed by atoms with Crippen LogP contribution in [0.3, 0.4) is 0 Å². The highest BCUT2D eigenvalue weighted by molar-refractivity contribution is 5.91. The van der Waals surface area contributed by atoms with Crippen LogP contribution < -0.4 is 5.32 Å². The number of aromatic nitrogens is 1. The van der Waals surface area contributed by atoms with Crippen molar-refractivity contribution in [2.45, 2.75) is 33.3 Å². The summed E-state index contributed by atoms with van der Waals surface area (Å²) in [5.74, 6) is 0. The van der Waals surface area contributed by atoms with Gasteiger partial charge in [-0.05, 0) is 52.0 Å². The van der Waals surface area contributed by atoms with E-state index in [0.29, 0.717) is 5.69 Å². The maximum absolute atomic E-state index is 11.9. The number of benzene rings is 1. The van der Waals surface area contributed by atoms with Crippen molar-refractivity contribution < 1.29 is 9.53 Å². The van der Waals surface area contributed by atoms with Gasteiger partial charge in [0.15, 0.2) is 0 Å². The Bertz CT molecular complexity index is 631. The standard InChI is InChI=1S/C17H20N2O2/c1-12-8-9-15(19-16(20)21-17(2,3)4)13(11-12)14-7-5-6-10-18-14/h5-11H,1-4H3,(H,19,20). The lowest BCUT2D eigenvalue weighted by Gasteiger charge is -2.20. The first-order valence-corrected chi connectivity index (χ1v) is 6.87. The van der Waals surface area contributed by atoms with E-state index in [9.17, 15) is 4.79 Å². The Balaban J connectivity index is 2.30. The summed E-state index contributed by atoms with van der Waals surface area (Å²) in [6.45, 7) is 7.51. The van der Waals surface area contributed by atoms with Crippen LogP contribution in [0.5, 0.6) is 0 Å². The highest BCUT2D eigenvalue weighted by atomic mass is 16.6. The van der Waals surface area contributed by atoms with E-state index in [1.807, 2.05) is 64.1 Å². The zero-order chi connectivity index (χ0) is 15.5. The van der Waals surface area contributed by atoms with Crippen LogP contribution in [0.4, 0.5) is 10.5 Å². The highest BCUT2D eigenvalue weighted by Crippen LogP contribution is 2.27. The molecule has 1 heterocycles. The number of amides is 1. The molecule has 1 amide bonds. The van der Waals surface area contributed by atoms with Gasteiger partial charge in [0.25, 0.3) is 0 Å². The van der Waals surface area contributed by atoms with E-state index < -0.39 is 11.7 Å². The summed E-state index contributed by atoms with van der Waals surface area (Å²) in [4.78, 5) is 16.3. The molecule has 0 spiro atoms. The lowest BCUT2D eigenvalue weighted by atomic mass is 10.1. The van der Waals surface area contributed by atoms with Crippen molar-refractivity contribution >= 4 is 11.8 Å². The lowest BCUT2D eigenvalue weighted by molar-refractivity contribution is 0.0636. The minimum absolute atomic E-state index is 0.469. The molecule has 0 saturated carbocycles. The van der Waals surface area contributed by atoms with Gasteiger partial charge in [0.05, 0.1) is 11.4 Å². The number of anilines is 1. The molecule has 2 rings (SSSR count). The SMILES string of the molecule is Cc1ccc(NC(=O)OC(C)(C)C)c(-c2ccccn2)c1. The number of carbonyl (C=O) groups is 1. The Labute approximate surface area is 125 Å². The Hall–Kier alpha value is -2.36. The van der Waals surface area contributed by atoms with E-state index in [1.54, 1.807) is 6.20 Å². The fraction of sp³-hybridized carbons (Fsp3) is 0.294. The van der Waals surface area contributed by atoms with Crippen molar-refractivity contribution in [1.29, 1.82) is 0 Å². The molecule has 4 heteroatoms. The number of rotatable bonds is 2. The average molecular weight is 284 g/mol. The molecule has 0 unspecified atom stereocenters. The van der Waals surface area contributed by atoms with E-state index in [4.69, 9.17) is 4.74 Å². The molecule has 0 aliphatic carbocycles. The normalized spacial score (nSPS) is 11.0. The molecule has 0 aliphatic heterocycles. The Morgan fingerprint density at radius 3 is 2.57 bits per heavy atom. The van der Waals surface area contributed by atoms with E-state index in [0.717, 1.165) is 16.8 Å². The van der Waals surface area contributed by atoms with Crippen LogP contribution in [0.25, 0.3) is 11.3 Å². The summed E-state index contributed by atoms with van der Waals surface area (Å²) in [5.41, 5.74) is 2.95. The van der Waals surface area contributed by atoms with Crippen molar-refractivity contribution in [1.82, 2.24) is 4.98 Å². The highest BCUT2D eigenvalue weighted by Gasteiger charge is 2.17. The third-order valence-electron chi connectivity index (χ3n) is 2.75. The first-order valence-electron chi connectivity index (χ1n) is 6.87. The van der Waals surface area contributed by atoms with Crippen molar-refractivity contribution in [2.24, 2.45) is 0 Å². The topological polar surface area (TPSA) is 51.2 Å². The molecule has 0 fully saturated rings. The molecule has 1 aromatic heterocycles. The largest absolute Gasteiger partial charge is 0.444 e. The molecule has 1 aromatic carbocycles. The van der Waals surface area contributed by atoms with Crippen LogP contribution >= 0.6 is 0 Å². The van der Waals surface area contributed by atoms with E-state index >= 15 is 0 Å². The number of carbonyl (C=O) groups excluding carboxylic acids is 1. The van der Waals surface area contributed by atoms with Crippen LogP contribution in [0.15, 0.2) is 42.6 Å². The maximum atomic E-state index is 11.9. The molecule has 21 heavy (non-hydrogen) atoms. The van der Waals surface area contributed by atoms with Gasteiger partial charge in [0.1, 0.15) is 5.60 Å². The number of hydrogen-bond donors (Lipinski definition) is 1. The fourth-order valence-electron chi connectivity index (χ4n) is 1.91. The zero-order valence-corrected chi connectivity index (χ0v) is 12.8. The fourth-order valence-corrected chi connectivity index (χ4v) is 1.91. The summed E-state index contributed by atoms with van der Waals surface area (Å²) in [6.07, 6.45) is 1.26. The van der Waals surface area contributed by atoms with Crippen molar-refractivity contribution in [2.75, 3.05) is 5.32 Å². The van der Waals surface area contributed by atoms with Gasteiger partial charge in [-0.25, -0.2) is 4.79 Å². The number of aryl methyl sites for hydroxylation is 1. The molecule has 0 bridgehead atoms. The van der Waals surface area contributed by atoms with Crippen LogP contribution in [-0.2, 0) is 4.74 Å². The predicted molar refractivity (Wildman–Crippen MR) is 84.3 cm³/mol. The first-order chi connectivity index (χ1) is 9.85. The van der Waals surface area contributed by atoms with Gasteiger partial charge >= 0.3 is 6.09 Å². The molecule has 2 aromatic rings. The van der Waals surface area contributed by atoms with Gasteiger partial charge in [0.2, 0.25) is 0 Å². The Morgan fingerprint density at radius 1 is 1.19 bits per heavy atom. The number of nitrogens with one attached hydrogen (secondary N) is 1. The lowest BCUT2D eigenvalue weighted by Crippen LogP contribution is -2.27. The summed E-state index contributed by atoms with van der Waals surface area (Å²) >= 11 is 0. The molecule has 4 nitrogen and oxygen atoms in total. The van der Waals surface area contributed by atoms with Crippen LogP contribution in [0.2, 0.25) is 0 Å². The van der Waals surface area contributed by atoms with Gasteiger partial charge < -0.3 is 4.74 Å². The second-order valence-corrected chi connectivity index (χ2v) is 5.89. The van der Waals surface area contributed by atoms with Crippen LogP contribution in [-0.4, -0.2) is 16.7 Å². The summed E-state index contributed by atoms with van der Waals surface area (Å²) < 4.78 is 5.29. The molecule has 0 radical (unpaired) electrons. The third-order valence-corrected chi connectivity index (χ3v) is 2.75. The zero-order valence-electron chi connectivity index (χ0n) is 12.8. The molecule has 0 atom stereocenters. The second kappa shape index (κ2) is 5.95. The summed E-state index contributed by atoms with van der Waals surface area (Å²) in [7, 11) is 0. The maximum Gasteiger partial charge on any atom is 0.412 e. The number of ether oxygens (including phenoxy) is 1. The number of nitrogens with zero attached hydrogens (tertiary/aromatic N) is 1. The monoisotopic (exact) mass is 284 g/mol. The van der Waals surface area contributed by atoms with Gasteiger partial charge in [-0.1, -0.05) is 17.7 Å². The van der Waals surface area contributed by atoms with Crippen molar-refractivity contribution in [3.63, 3.8) is 0 Å². The van der Waals surface area contributed by atoms with Crippen LogP contribution in [0, 0.1) is 6.92 Å². The Morgan fingerprint density at radius 2 is 1.95 bits per heavy atom. The second-order valence-electron chi connectivity index (χ2n) is 5.89. The van der Waals surface area contributed by atoms with Gasteiger partial charge in [-0.15, -0.1) is 0 Å². The quantitative estimate of drug-likeness (QED) is 0.889. The van der Waals surface area contributed by atoms with Crippen LogP contribution in [0.1, 0.15) is 26.3 Å². The van der Waals surface area contributed by atoms with Crippen molar-refractivity contribution in [3.05, 3.63) is 48.2 Å². The third kappa shape index (κ3) is 4.31. The minimum Gasteiger partial charge on any atom is -0.444 e. The number of hydrogen-bond acceptors (Lipinski definition) is 3. The molecule has 110 valence electrons. The molecular weight excluding hydrogens is 264 g/mol. The van der Waals surface area contributed by atoms with Gasteiger partial charge in [-0.3, -0.25) is 10.3 Å².